The number of hydrogen-bond acceptors (Lipinski definition) is 3. The Kier molecular flexibility index (Phi) is 3.51. The van der Waals surface area contributed by atoms with Crippen molar-refractivity contribution >= 4 is 5.91 Å². The van der Waals surface area contributed by atoms with Crippen molar-refractivity contribution in [2.45, 2.75) is 25.4 Å². The maximum atomic E-state index is 12.3. The Labute approximate surface area is 123 Å². The topological polar surface area (TPSA) is 58.4 Å². The van der Waals surface area contributed by atoms with Gasteiger partial charge in [-0.05, 0) is 36.8 Å². The molecule has 1 aromatic carbocycles. The third-order valence-electron chi connectivity index (χ3n) is 3.86. The summed E-state index contributed by atoms with van der Waals surface area (Å²) in [5.74, 6) is -0.0252. The standard InChI is InChI=1S/C16H19N3O2/c1-2-8-16(21)11-18(12-16)15(20)13-4-6-14(7-5-13)19-10-3-9-17-19/h3-7,9-10,21H,2,8,11-12H2,1H3. The largest absolute Gasteiger partial charge is 0.386 e. The van der Waals surface area contributed by atoms with E-state index in [1.807, 2.05) is 31.3 Å². The van der Waals surface area contributed by atoms with E-state index in [1.165, 1.54) is 0 Å². The van der Waals surface area contributed by atoms with Crippen molar-refractivity contribution in [3.8, 4) is 5.69 Å². The molecule has 1 fully saturated rings. The summed E-state index contributed by atoms with van der Waals surface area (Å²) in [6.07, 6.45) is 5.25. The zero-order valence-electron chi connectivity index (χ0n) is 12.1. The number of amides is 1. The number of likely N-dealkylation sites (tertiary alicyclic amines) is 1. The summed E-state index contributed by atoms with van der Waals surface area (Å²) < 4.78 is 1.75. The van der Waals surface area contributed by atoms with Crippen molar-refractivity contribution in [2.75, 3.05) is 13.1 Å². The van der Waals surface area contributed by atoms with Crippen molar-refractivity contribution < 1.29 is 9.90 Å². The summed E-state index contributed by atoms with van der Waals surface area (Å²) in [5.41, 5.74) is 0.881. The molecular weight excluding hydrogens is 266 g/mol. The summed E-state index contributed by atoms with van der Waals surface area (Å²) in [7, 11) is 0. The van der Waals surface area contributed by atoms with Crippen LogP contribution >= 0.6 is 0 Å². The summed E-state index contributed by atoms with van der Waals surface area (Å²) in [5, 5.41) is 14.3. The van der Waals surface area contributed by atoms with Crippen LogP contribution in [0.5, 0.6) is 0 Å². The highest BCUT2D eigenvalue weighted by molar-refractivity contribution is 5.95. The lowest BCUT2D eigenvalue weighted by molar-refractivity contribution is -0.0860. The van der Waals surface area contributed by atoms with Gasteiger partial charge in [-0.3, -0.25) is 4.79 Å². The molecule has 0 saturated carbocycles. The minimum Gasteiger partial charge on any atom is -0.386 e. The number of β-amino-alcohol motifs (C(OH)–C–C–N with tert-alkyl or cyclic N) is 1. The van der Waals surface area contributed by atoms with Gasteiger partial charge in [0.05, 0.1) is 24.4 Å². The zero-order valence-corrected chi connectivity index (χ0v) is 12.1. The highest BCUT2D eigenvalue weighted by atomic mass is 16.3. The Morgan fingerprint density at radius 1 is 1.33 bits per heavy atom. The average molecular weight is 285 g/mol. The first kappa shape index (κ1) is 13.8. The number of aromatic nitrogens is 2. The smallest absolute Gasteiger partial charge is 0.254 e. The minimum atomic E-state index is -0.681. The third kappa shape index (κ3) is 2.69. The molecule has 0 unspecified atom stereocenters. The quantitative estimate of drug-likeness (QED) is 0.933. The number of rotatable bonds is 4. The normalized spacial score (nSPS) is 16.6. The fourth-order valence-electron chi connectivity index (χ4n) is 2.79. The molecule has 3 rings (SSSR count). The van der Waals surface area contributed by atoms with Crippen LogP contribution in [0.1, 0.15) is 30.1 Å². The second kappa shape index (κ2) is 5.33. The molecule has 1 N–H and O–H groups in total. The van der Waals surface area contributed by atoms with Crippen molar-refractivity contribution in [1.29, 1.82) is 0 Å². The van der Waals surface area contributed by atoms with Crippen molar-refractivity contribution in [3.05, 3.63) is 48.3 Å². The van der Waals surface area contributed by atoms with Crippen LogP contribution in [0.15, 0.2) is 42.7 Å². The maximum Gasteiger partial charge on any atom is 0.254 e. The molecule has 1 aromatic heterocycles. The maximum absolute atomic E-state index is 12.3. The molecule has 0 radical (unpaired) electrons. The van der Waals surface area contributed by atoms with Crippen molar-refractivity contribution in [2.24, 2.45) is 0 Å². The summed E-state index contributed by atoms with van der Waals surface area (Å²) in [4.78, 5) is 14.0. The molecule has 0 spiro atoms. The second-order valence-electron chi connectivity index (χ2n) is 5.63. The number of hydrogen-bond donors (Lipinski definition) is 1. The van der Waals surface area contributed by atoms with Gasteiger partial charge in [-0.2, -0.15) is 5.10 Å². The monoisotopic (exact) mass is 285 g/mol. The highest BCUT2D eigenvalue weighted by Crippen LogP contribution is 2.27. The average Bonchev–Trinajstić information content (AvgIpc) is 2.98. The van der Waals surface area contributed by atoms with Crippen LogP contribution in [0.25, 0.3) is 5.69 Å². The lowest BCUT2D eigenvalue weighted by atomic mass is 9.89. The zero-order chi connectivity index (χ0) is 14.9. The molecule has 1 aliphatic heterocycles. The predicted molar refractivity (Wildman–Crippen MR) is 79.3 cm³/mol. The van der Waals surface area contributed by atoms with E-state index in [4.69, 9.17) is 0 Å². The van der Waals surface area contributed by atoms with Gasteiger partial charge in [0.15, 0.2) is 0 Å². The third-order valence-corrected chi connectivity index (χ3v) is 3.86. The van der Waals surface area contributed by atoms with Gasteiger partial charge in [0.2, 0.25) is 0 Å². The van der Waals surface area contributed by atoms with Gasteiger partial charge in [-0.25, -0.2) is 4.68 Å². The Balaban J connectivity index is 1.67. The van der Waals surface area contributed by atoms with E-state index in [-0.39, 0.29) is 5.91 Å². The SMILES string of the molecule is CCCC1(O)CN(C(=O)c2ccc(-n3cccn3)cc2)C1. The molecule has 1 aliphatic rings. The number of benzene rings is 1. The first-order valence-corrected chi connectivity index (χ1v) is 7.23. The lowest BCUT2D eigenvalue weighted by Gasteiger charge is -2.46. The minimum absolute atomic E-state index is 0.0252. The molecule has 5 nitrogen and oxygen atoms in total. The van der Waals surface area contributed by atoms with E-state index in [0.29, 0.717) is 18.7 Å². The molecule has 1 amide bonds. The van der Waals surface area contributed by atoms with Gasteiger partial charge in [0.1, 0.15) is 0 Å². The van der Waals surface area contributed by atoms with Crippen LogP contribution in [-0.2, 0) is 0 Å². The van der Waals surface area contributed by atoms with Gasteiger partial charge >= 0.3 is 0 Å². The second-order valence-corrected chi connectivity index (χ2v) is 5.63. The molecule has 2 aromatic rings. The van der Waals surface area contributed by atoms with Crippen molar-refractivity contribution in [3.63, 3.8) is 0 Å². The first-order valence-electron chi connectivity index (χ1n) is 7.23. The molecule has 0 atom stereocenters. The van der Waals surface area contributed by atoms with E-state index < -0.39 is 5.60 Å². The summed E-state index contributed by atoms with van der Waals surface area (Å²) in [6.45, 7) is 2.90. The van der Waals surface area contributed by atoms with Crippen LogP contribution in [-0.4, -0.2) is 44.4 Å². The first-order chi connectivity index (χ1) is 10.1. The molecular formula is C16H19N3O2. The van der Waals surface area contributed by atoms with Gasteiger partial charge in [-0.1, -0.05) is 13.3 Å². The number of carbonyl (C=O) groups is 1. The molecule has 1 saturated heterocycles. The van der Waals surface area contributed by atoms with E-state index in [9.17, 15) is 9.90 Å². The summed E-state index contributed by atoms with van der Waals surface area (Å²) in [6, 6.07) is 9.21. The molecule has 5 heteroatoms. The Morgan fingerprint density at radius 2 is 2.05 bits per heavy atom. The van der Waals surface area contributed by atoms with E-state index >= 15 is 0 Å². The van der Waals surface area contributed by atoms with Gasteiger partial charge in [0.25, 0.3) is 5.91 Å². The Bertz CT molecular complexity index is 613. The molecule has 110 valence electrons. The fourth-order valence-corrected chi connectivity index (χ4v) is 2.79. The Morgan fingerprint density at radius 3 is 2.62 bits per heavy atom. The fraction of sp³-hybridized carbons (Fsp3) is 0.375. The molecule has 0 aliphatic carbocycles. The lowest BCUT2D eigenvalue weighted by Crippen LogP contribution is -2.63. The van der Waals surface area contributed by atoms with Gasteiger partial charge in [0, 0.05) is 18.0 Å². The molecule has 0 bridgehead atoms. The number of carbonyl (C=O) groups excluding carboxylic acids is 1. The summed E-state index contributed by atoms with van der Waals surface area (Å²) >= 11 is 0. The van der Waals surface area contributed by atoms with Crippen LogP contribution in [0.2, 0.25) is 0 Å². The van der Waals surface area contributed by atoms with Gasteiger partial charge < -0.3 is 10.0 Å². The predicted octanol–water partition coefficient (Wildman–Crippen LogP) is 1.86. The van der Waals surface area contributed by atoms with E-state index in [2.05, 4.69) is 5.10 Å². The van der Waals surface area contributed by atoms with Crippen LogP contribution in [0.4, 0.5) is 0 Å². The number of nitrogens with zero attached hydrogens (tertiary/aromatic N) is 3. The Hall–Kier alpha value is -2.14. The van der Waals surface area contributed by atoms with Gasteiger partial charge in [-0.15, -0.1) is 0 Å². The van der Waals surface area contributed by atoms with E-state index in [1.54, 1.807) is 27.9 Å². The van der Waals surface area contributed by atoms with Crippen LogP contribution in [0.3, 0.4) is 0 Å². The highest BCUT2D eigenvalue weighted by Gasteiger charge is 2.42. The van der Waals surface area contributed by atoms with Crippen LogP contribution in [0, 0.1) is 0 Å². The molecule has 2 heterocycles. The number of aliphatic hydroxyl groups is 1. The van der Waals surface area contributed by atoms with Crippen molar-refractivity contribution in [1.82, 2.24) is 14.7 Å². The molecule has 21 heavy (non-hydrogen) atoms. The van der Waals surface area contributed by atoms with Crippen LogP contribution < -0.4 is 0 Å². The van der Waals surface area contributed by atoms with E-state index in [0.717, 1.165) is 18.5 Å².